The van der Waals surface area contributed by atoms with E-state index < -0.39 is 17.1 Å². The van der Waals surface area contributed by atoms with Gasteiger partial charge in [0.2, 0.25) is 0 Å². The molecule has 6 heteroatoms. The molecule has 0 bridgehead atoms. The summed E-state index contributed by atoms with van der Waals surface area (Å²) < 4.78 is 18.2. The maximum atomic E-state index is 11.2. The van der Waals surface area contributed by atoms with Crippen molar-refractivity contribution in [2.75, 3.05) is 6.61 Å². The van der Waals surface area contributed by atoms with E-state index in [4.69, 9.17) is 14.2 Å². The Bertz CT molecular complexity index is 616. The summed E-state index contributed by atoms with van der Waals surface area (Å²) in [6.07, 6.45) is 2.76. The zero-order valence-electron chi connectivity index (χ0n) is 13.9. The first kappa shape index (κ1) is 16.1. The number of fused-ring (bicyclic) bond motifs is 3. The van der Waals surface area contributed by atoms with Crippen LogP contribution in [0.3, 0.4) is 0 Å². The van der Waals surface area contributed by atoms with Crippen LogP contribution in [0.4, 0.5) is 0 Å². The lowest BCUT2D eigenvalue weighted by Crippen LogP contribution is -2.62. The van der Waals surface area contributed by atoms with E-state index in [1.165, 1.54) is 6.92 Å². The third kappa shape index (κ3) is 1.81. The number of aliphatic hydroxyl groups excluding tert-OH is 1. The first-order valence-corrected chi connectivity index (χ1v) is 8.93. The summed E-state index contributed by atoms with van der Waals surface area (Å²) in [5, 5.41) is 11.2. The van der Waals surface area contributed by atoms with E-state index in [0.717, 1.165) is 4.48 Å². The van der Waals surface area contributed by atoms with Crippen molar-refractivity contribution in [1.29, 1.82) is 0 Å². The number of hydrogen-bond donors (Lipinski definition) is 1. The quantitative estimate of drug-likeness (QED) is 0.582. The molecule has 1 saturated carbocycles. The third-order valence-electron chi connectivity index (χ3n) is 6.79. The zero-order valence-corrected chi connectivity index (χ0v) is 15.5. The monoisotopic (exact) mass is 386 g/mol. The second kappa shape index (κ2) is 4.40. The number of carbonyl (C=O) groups excluding carboxylic acids is 1. The number of hydrogen-bond acceptors (Lipinski definition) is 5. The van der Waals surface area contributed by atoms with Crippen molar-refractivity contribution in [2.45, 2.75) is 70.1 Å². The van der Waals surface area contributed by atoms with Gasteiger partial charge in [0, 0.05) is 28.7 Å². The smallest absolute Gasteiger partial charge is 0.302 e. The molecule has 2 heterocycles. The molecule has 5 nitrogen and oxygen atoms in total. The van der Waals surface area contributed by atoms with Gasteiger partial charge in [-0.1, -0.05) is 29.8 Å². The Morgan fingerprint density at radius 2 is 2.09 bits per heavy atom. The third-order valence-corrected chi connectivity index (χ3v) is 8.05. The molecule has 4 rings (SSSR count). The molecule has 1 spiro atoms. The van der Waals surface area contributed by atoms with Crippen molar-refractivity contribution >= 4 is 21.9 Å². The number of allylic oxidation sites excluding steroid dienone is 1. The van der Waals surface area contributed by atoms with Gasteiger partial charge < -0.3 is 19.3 Å². The molecule has 3 fully saturated rings. The van der Waals surface area contributed by atoms with Gasteiger partial charge in [-0.2, -0.15) is 0 Å². The molecule has 0 aromatic carbocycles. The van der Waals surface area contributed by atoms with Crippen LogP contribution in [0.1, 0.15) is 40.5 Å². The van der Waals surface area contributed by atoms with Crippen LogP contribution in [-0.4, -0.2) is 47.2 Å². The van der Waals surface area contributed by atoms with Gasteiger partial charge >= 0.3 is 5.97 Å². The van der Waals surface area contributed by atoms with Gasteiger partial charge in [-0.15, -0.1) is 0 Å². The molecule has 0 radical (unpaired) electrons. The molecule has 0 aromatic heterocycles. The number of rotatable bonds is 2. The molecular formula is C17H23BrO5. The van der Waals surface area contributed by atoms with Crippen LogP contribution < -0.4 is 0 Å². The molecule has 0 aromatic rings. The van der Waals surface area contributed by atoms with Crippen LogP contribution in [0.15, 0.2) is 10.6 Å². The van der Waals surface area contributed by atoms with Gasteiger partial charge in [0.25, 0.3) is 0 Å². The lowest BCUT2D eigenvalue weighted by atomic mass is 9.48. The average Bonchev–Trinajstić information content (AvgIpc) is 3.30. The summed E-state index contributed by atoms with van der Waals surface area (Å²) in [4.78, 5) is 11.1. The lowest BCUT2D eigenvalue weighted by molar-refractivity contribution is -0.147. The molecule has 0 amide bonds. The second-order valence-electron chi connectivity index (χ2n) is 8.13. The summed E-state index contributed by atoms with van der Waals surface area (Å²) in [5.41, 5.74) is -1.56. The Labute approximate surface area is 144 Å². The van der Waals surface area contributed by atoms with Crippen LogP contribution in [0.2, 0.25) is 0 Å². The number of aliphatic hydroxyl groups is 1. The van der Waals surface area contributed by atoms with Gasteiger partial charge in [0.15, 0.2) is 0 Å². The SMILES string of the molecule is CC(=O)OC[C@@]12C[C@H](O)[C@@]3(C[C@@H]1O2)C(C)(C)C(Br)=C[C@H]1O[C@]13C. The lowest BCUT2D eigenvalue weighted by Gasteiger charge is -2.56. The maximum absolute atomic E-state index is 11.2. The van der Waals surface area contributed by atoms with E-state index >= 15 is 0 Å². The van der Waals surface area contributed by atoms with E-state index in [-0.39, 0.29) is 35.8 Å². The van der Waals surface area contributed by atoms with E-state index in [9.17, 15) is 9.90 Å². The number of ether oxygens (including phenoxy) is 3. The molecular weight excluding hydrogens is 364 g/mol. The summed E-state index contributed by atoms with van der Waals surface area (Å²) >= 11 is 3.70. The fourth-order valence-electron chi connectivity index (χ4n) is 5.16. The van der Waals surface area contributed by atoms with Crippen LogP contribution in [0, 0.1) is 10.8 Å². The maximum Gasteiger partial charge on any atom is 0.302 e. The van der Waals surface area contributed by atoms with Crippen molar-refractivity contribution < 1.29 is 24.1 Å². The predicted molar refractivity (Wildman–Crippen MR) is 86.0 cm³/mol. The second-order valence-corrected chi connectivity index (χ2v) is 8.99. The average molecular weight is 387 g/mol. The fourth-order valence-corrected chi connectivity index (χ4v) is 5.75. The number of epoxide rings is 2. The highest BCUT2D eigenvalue weighted by Gasteiger charge is 2.80. The normalized spacial score (nSPS) is 52.3. The molecule has 4 aliphatic rings. The molecule has 2 saturated heterocycles. The Kier molecular flexibility index (Phi) is 3.07. The summed E-state index contributed by atoms with van der Waals surface area (Å²) in [6, 6.07) is 0. The van der Waals surface area contributed by atoms with Crippen molar-refractivity contribution in [3.8, 4) is 0 Å². The minimum Gasteiger partial charge on any atom is -0.463 e. The van der Waals surface area contributed by atoms with Crippen molar-refractivity contribution in [2.24, 2.45) is 10.8 Å². The van der Waals surface area contributed by atoms with Crippen LogP contribution >= 0.6 is 15.9 Å². The molecule has 1 N–H and O–H groups in total. The Balaban J connectivity index is 1.67. The van der Waals surface area contributed by atoms with E-state index in [0.29, 0.717) is 12.8 Å². The van der Waals surface area contributed by atoms with Crippen molar-refractivity contribution in [1.82, 2.24) is 0 Å². The highest BCUT2D eigenvalue weighted by molar-refractivity contribution is 9.11. The Hall–Kier alpha value is -0.430. The minimum absolute atomic E-state index is 0.00426. The summed E-state index contributed by atoms with van der Waals surface area (Å²) in [7, 11) is 0. The summed E-state index contributed by atoms with van der Waals surface area (Å²) in [6.45, 7) is 8.02. The standard InChI is InChI=1S/C17H23BrO5/c1-9(19)21-8-16-6-11(20)17(7-13(16)23-16)14(2,3)10(18)5-12-15(17,4)22-12/h5,11-13,20H,6-8H2,1-4H3/t11-,12+,13-,15+,16-,17-/m0/s1. The zero-order chi connectivity index (χ0) is 16.8. The molecule has 128 valence electrons. The first-order valence-electron chi connectivity index (χ1n) is 8.14. The molecule has 6 atom stereocenters. The van der Waals surface area contributed by atoms with Gasteiger partial charge in [0.05, 0.1) is 12.2 Å². The van der Waals surface area contributed by atoms with Crippen molar-refractivity contribution in [3.05, 3.63) is 10.6 Å². The number of carbonyl (C=O) groups is 1. The summed E-state index contributed by atoms with van der Waals surface area (Å²) in [5.74, 6) is -0.315. The first-order chi connectivity index (χ1) is 10.6. The predicted octanol–water partition coefficient (Wildman–Crippen LogP) is 2.30. The largest absolute Gasteiger partial charge is 0.463 e. The van der Waals surface area contributed by atoms with Gasteiger partial charge in [0.1, 0.15) is 23.9 Å². The van der Waals surface area contributed by atoms with E-state index in [1.54, 1.807) is 0 Å². The topological polar surface area (TPSA) is 71.6 Å². The Morgan fingerprint density at radius 3 is 2.74 bits per heavy atom. The van der Waals surface area contributed by atoms with Gasteiger partial charge in [-0.05, 0) is 19.4 Å². The van der Waals surface area contributed by atoms with Crippen LogP contribution in [0.5, 0.6) is 0 Å². The van der Waals surface area contributed by atoms with Crippen LogP contribution in [-0.2, 0) is 19.0 Å². The molecule has 23 heavy (non-hydrogen) atoms. The van der Waals surface area contributed by atoms with Crippen LogP contribution in [0.25, 0.3) is 0 Å². The Morgan fingerprint density at radius 1 is 1.39 bits per heavy atom. The number of halogens is 1. The highest BCUT2D eigenvalue weighted by Crippen LogP contribution is 2.73. The van der Waals surface area contributed by atoms with Gasteiger partial charge in [-0.3, -0.25) is 4.79 Å². The molecule has 2 aliphatic carbocycles. The van der Waals surface area contributed by atoms with E-state index in [1.807, 2.05) is 0 Å². The minimum atomic E-state index is -0.581. The van der Waals surface area contributed by atoms with E-state index in [2.05, 4.69) is 42.8 Å². The highest BCUT2D eigenvalue weighted by atomic mass is 79.9. The fraction of sp³-hybridized carbons (Fsp3) is 0.824. The molecule has 2 aliphatic heterocycles. The number of esters is 1. The molecule has 0 unspecified atom stereocenters. The van der Waals surface area contributed by atoms with Crippen molar-refractivity contribution in [3.63, 3.8) is 0 Å². The van der Waals surface area contributed by atoms with Gasteiger partial charge in [-0.25, -0.2) is 0 Å².